The monoisotopic (exact) mass is 318 g/mol. The van der Waals surface area contributed by atoms with Crippen molar-refractivity contribution in [1.29, 1.82) is 0 Å². The highest BCUT2D eigenvalue weighted by Gasteiger charge is 2.06. The molecule has 0 heterocycles. The molecule has 0 nitrogen and oxygen atoms in total. The van der Waals surface area contributed by atoms with E-state index in [2.05, 4.69) is 31.2 Å². The van der Waals surface area contributed by atoms with Crippen LogP contribution < -0.4 is 0 Å². The molecule has 0 unspecified atom stereocenters. The second-order valence-corrected chi connectivity index (χ2v) is 6.25. The number of aryl methyl sites for hydroxylation is 3. The van der Waals surface area contributed by atoms with Crippen molar-refractivity contribution in [2.75, 3.05) is 0 Å². The van der Waals surface area contributed by atoms with Crippen molar-refractivity contribution in [3.63, 3.8) is 0 Å². The molecule has 3 aromatic carbocycles. The molecule has 3 rings (SSSR count). The smallest absolute Gasteiger partial charge is 0.131 e. The van der Waals surface area contributed by atoms with E-state index in [1.165, 1.54) is 17.5 Å². The first-order valence-corrected chi connectivity index (χ1v) is 8.68. The van der Waals surface area contributed by atoms with Crippen LogP contribution in [0.2, 0.25) is 0 Å². The van der Waals surface area contributed by atoms with Gasteiger partial charge in [-0.15, -0.1) is 0 Å². The molecule has 0 aliphatic heterocycles. The van der Waals surface area contributed by atoms with Crippen LogP contribution in [0.4, 0.5) is 4.39 Å². The summed E-state index contributed by atoms with van der Waals surface area (Å²) in [6.07, 6.45) is 4.11. The molecular formula is C23H23F. The number of hydrogen-bond acceptors (Lipinski definition) is 0. The summed E-state index contributed by atoms with van der Waals surface area (Å²) in [7, 11) is 0. The molecule has 3 aromatic rings. The van der Waals surface area contributed by atoms with Gasteiger partial charge in [0.1, 0.15) is 5.82 Å². The molecule has 122 valence electrons. The largest absolute Gasteiger partial charge is 0.206 e. The predicted octanol–water partition coefficient (Wildman–Crippen LogP) is 6.23. The van der Waals surface area contributed by atoms with E-state index in [-0.39, 0.29) is 5.82 Å². The van der Waals surface area contributed by atoms with Gasteiger partial charge < -0.3 is 0 Å². The van der Waals surface area contributed by atoms with Gasteiger partial charge in [-0.1, -0.05) is 80.1 Å². The Balaban J connectivity index is 1.67. The Kier molecular flexibility index (Phi) is 5.43. The van der Waals surface area contributed by atoms with E-state index >= 15 is 0 Å². The summed E-state index contributed by atoms with van der Waals surface area (Å²) in [5.41, 5.74) is 5.34. The lowest BCUT2D eigenvalue weighted by atomic mass is 9.99. The van der Waals surface area contributed by atoms with Crippen molar-refractivity contribution in [1.82, 2.24) is 0 Å². The fraction of sp³-hybridized carbons (Fsp3) is 0.217. The molecule has 0 amide bonds. The topological polar surface area (TPSA) is 0 Å². The van der Waals surface area contributed by atoms with E-state index in [4.69, 9.17) is 0 Å². The maximum Gasteiger partial charge on any atom is 0.131 e. The van der Waals surface area contributed by atoms with Crippen LogP contribution in [0.1, 0.15) is 30.0 Å². The molecule has 0 N–H and O–H groups in total. The van der Waals surface area contributed by atoms with E-state index in [9.17, 15) is 4.39 Å². The summed E-state index contributed by atoms with van der Waals surface area (Å²) >= 11 is 0. The molecule has 0 aliphatic carbocycles. The van der Waals surface area contributed by atoms with Crippen LogP contribution in [0.5, 0.6) is 0 Å². The SMILES string of the molecule is CCCc1ccc(CCc2ccc(-c3ccccc3)c(F)c2)cc1. The molecule has 24 heavy (non-hydrogen) atoms. The van der Waals surface area contributed by atoms with Crippen LogP contribution in [0, 0.1) is 5.82 Å². The average molecular weight is 318 g/mol. The molecule has 0 saturated heterocycles. The minimum Gasteiger partial charge on any atom is -0.206 e. The zero-order valence-corrected chi connectivity index (χ0v) is 14.1. The minimum atomic E-state index is -0.142. The van der Waals surface area contributed by atoms with Crippen molar-refractivity contribution in [2.24, 2.45) is 0 Å². The van der Waals surface area contributed by atoms with Gasteiger partial charge in [0.05, 0.1) is 0 Å². The Labute approximate surface area is 144 Å². The Morgan fingerprint density at radius 3 is 1.88 bits per heavy atom. The third-order valence-electron chi connectivity index (χ3n) is 4.38. The zero-order chi connectivity index (χ0) is 16.8. The Morgan fingerprint density at radius 2 is 1.25 bits per heavy atom. The van der Waals surface area contributed by atoms with Gasteiger partial charge in [0, 0.05) is 5.56 Å². The summed E-state index contributed by atoms with van der Waals surface area (Å²) in [4.78, 5) is 0. The predicted molar refractivity (Wildman–Crippen MR) is 99.7 cm³/mol. The summed E-state index contributed by atoms with van der Waals surface area (Å²) in [5.74, 6) is -0.142. The normalized spacial score (nSPS) is 10.8. The molecule has 0 fully saturated rings. The average Bonchev–Trinajstić information content (AvgIpc) is 2.62. The second kappa shape index (κ2) is 7.92. The van der Waals surface area contributed by atoms with Crippen molar-refractivity contribution in [2.45, 2.75) is 32.6 Å². The third kappa shape index (κ3) is 4.11. The Hall–Kier alpha value is -2.41. The molecule has 0 bridgehead atoms. The molecule has 0 aliphatic rings. The van der Waals surface area contributed by atoms with Crippen molar-refractivity contribution in [3.8, 4) is 11.1 Å². The van der Waals surface area contributed by atoms with Crippen molar-refractivity contribution in [3.05, 3.63) is 95.3 Å². The summed E-state index contributed by atoms with van der Waals surface area (Å²) in [5, 5.41) is 0. The standard InChI is InChI=1S/C23H23F/c1-2-6-18-9-11-19(12-10-18)13-14-20-15-16-22(23(24)17-20)21-7-4-3-5-8-21/h3-5,7-12,15-17H,2,6,13-14H2,1H3. The van der Waals surface area contributed by atoms with Gasteiger partial charge in [-0.2, -0.15) is 0 Å². The quantitative estimate of drug-likeness (QED) is 0.505. The van der Waals surface area contributed by atoms with Gasteiger partial charge in [0.25, 0.3) is 0 Å². The lowest BCUT2D eigenvalue weighted by Gasteiger charge is -2.07. The van der Waals surface area contributed by atoms with E-state index < -0.39 is 0 Å². The van der Waals surface area contributed by atoms with Gasteiger partial charge in [0.15, 0.2) is 0 Å². The van der Waals surface area contributed by atoms with Gasteiger partial charge in [-0.05, 0) is 47.6 Å². The van der Waals surface area contributed by atoms with E-state index in [0.29, 0.717) is 5.56 Å². The Morgan fingerprint density at radius 1 is 0.667 bits per heavy atom. The highest BCUT2D eigenvalue weighted by Crippen LogP contribution is 2.24. The van der Waals surface area contributed by atoms with Crippen LogP contribution in [-0.4, -0.2) is 0 Å². The molecule has 0 radical (unpaired) electrons. The summed E-state index contributed by atoms with van der Waals surface area (Å²) in [6, 6.07) is 24.1. The lowest BCUT2D eigenvalue weighted by Crippen LogP contribution is -1.94. The van der Waals surface area contributed by atoms with Crippen LogP contribution in [-0.2, 0) is 19.3 Å². The molecule has 0 atom stereocenters. The first-order valence-electron chi connectivity index (χ1n) is 8.68. The molecule has 0 aromatic heterocycles. The van der Waals surface area contributed by atoms with Crippen molar-refractivity contribution < 1.29 is 4.39 Å². The molecule has 0 spiro atoms. The minimum absolute atomic E-state index is 0.142. The number of rotatable bonds is 6. The number of benzene rings is 3. The van der Waals surface area contributed by atoms with Crippen LogP contribution in [0.25, 0.3) is 11.1 Å². The van der Waals surface area contributed by atoms with E-state index in [0.717, 1.165) is 30.4 Å². The van der Waals surface area contributed by atoms with Crippen LogP contribution in [0.3, 0.4) is 0 Å². The van der Waals surface area contributed by atoms with Crippen LogP contribution >= 0.6 is 0 Å². The second-order valence-electron chi connectivity index (χ2n) is 6.25. The zero-order valence-electron chi connectivity index (χ0n) is 14.1. The van der Waals surface area contributed by atoms with Crippen LogP contribution in [0.15, 0.2) is 72.8 Å². The number of hydrogen-bond donors (Lipinski definition) is 0. The summed E-state index contributed by atoms with van der Waals surface area (Å²) in [6.45, 7) is 2.20. The third-order valence-corrected chi connectivity index (χ3v) is 4.38. The van der Waals surface area contributed by atoms with Gasteiger partial charge in [-0.25, -0.2) is 4.39 Å². The van der Waals surface area contributed by atoms with Gasteiger partial charge in [-0.3, -0.25) is 0 Å². The van der Waals surface area contributed by atoms with Gasteiger partial charge >= 0.3 is 0 Å². The fourth-order valence-corrected chi connectivity index (χ4v) is 3.02. The maximum atomic E-state index is 14.4. The first-order chi connectivity index (χ1) is 11.8. The maximum absolute atomic E-state index is 14.4. The van der Waals surface area contributed by atoms with Crippen molar-refractivity contribution >= 4 is 0 Å². The molecule has 1 heteroatoms. The summed E-state index contributed by atoms with van der Waals surface area (Å²) < 4.78 is 14.4. The highest BCUT2D eigenvalue weighted by atomic mass is 19.1. The fourth-order valence-electron chi connectivity index (χ4n) is 3.02. The lowest BCUT2D eigenvalue weighted by molar-refractivity contribution is 0.628. The van der Waals surface area contributed by atoms with E-state index in [1.54, 1.807) is 6.07 Å². The first kappa shape index (κ1) is 16.4. The Bertz CT molecular complexity index is 773. The van der Waals surface area contributed by atoms with E-state index in [1.807, 2.05) is 42.5 Å². The van der Waals surface area contributed by atoms with Gasteiger partial charge in [0.2, 0.25) is 0 Å². The highest BCUT2D eigenvalue weighted by molar-refractivity contribution is 5.64. The molecular weight excluding hydrogens is 295 g/mol. The number of halogens is 1. The molecule has 0 saturated carbocycles.